The summed E-state index contributed by atoms with van der Waals surface area (Å²) in [6, 6.07) is 4.51. The minimum absolute atomic E-state index is 0. The Bertz CT molecular complexity index is 445. The van der Waals surface area contributed by atoms with Crippen LogP contribution in [0.4, 0.5) is 15.8 Å². The second-order valence-corrected chi connectivity index (χ2v) is 4.13. The number of likely N-dealkylation sites (N-methyl/N-ethyl adjacent to an activating group) is 2. The Morgan fingerprint density at radius 2 is 2.00 bits per heavy atom. The Morgan fingerprint density at radius 1 is 1.32 bits per heavy atom. The van der Waals surface area contributed by atoms with Gasteiger partial charge in [0.1, 0.15) is 5.82 Å². The standard InChI is InChI=1S/C12H16FN3O.2ClH/c1-14-8-12(17)16-6-5-15(2)11-7-9(13)3-4-10(11)16;;/h3-4,7,14H,5-6,8H2,1-2H3;2*1H. The molecule has 1 N–H and O–H groups in total. The first-order chi connectivity index (χ1) is 8.13. The molecule has 4 nitrogen and oxygen atoms in total. The maximum absolute atomic E-state index is 13.2. The largest absolute Gasteiger partial charge is 0.371 e. The smallest absolute Gasteiger partial charge is 0.241 e. The third kappa shape index (κ3) is 3.72. The van der Waals surface area contributed by atoms with Crippen LogP contribution in [0.25, 0.3) is 0 Å². The maximum Gasteiger partial charge on any atom is 0.241 e. The summed E-state index contributed by atoms with van der Waals surface area (Å²) in [4.78, 5) is 15.6. The lowest BCUT2D eigenvalue weighted by Gasteiger charge is -2.35. The molecule has 1 aliphatic heterocycles. The maximum atomic E-state index is 13.2. The average molecular weight is 310 g/mol. The summed E-state index contributed by atoms with van der Waals surface area (Å²) in [5, 5.41) is 2.84. The summed E-state index contributed by atoms with van der Waals surface area (Å²) < 4.78 is 13.2. The number of rotatable bonds is 2. The zero-order valence-corrected chi connectivity index (χ0v) is 12.5. The van der Waals surface area contributed by atoms with Gasteiger partial charge in [-0.25, -0.2) is 4.39 Å². The predicted molar refractivity (Wildman–Crippen MR) is 80.4 cm³/mol. The molecule has 0 saturated carbocycles. The normalized spacial score (nSPS) is 13.2. The van der Waals surface area contributed by atoms with Crippen LogP contribution in [0.1, 0.15) is 0 Å². The molecule has 1 aromatic rings. The fourth-order valence-corrected chi connectivity index (χ4v) is 2.03. The van der Waals surface area contributed by atoms with Gasteiger partial charge in [-0.1, -0.05) is 0 Å². The SMILES string of the molecule is CNCC(=O)N1CCN(C)c2cc(F)ccc21.Cl.Cl. The predicted octanol–water partition coefficient (Wildman–Crippen LogP) is 1.67. The molecule has 0 radical (unpaired) electrons. The van der Waals surface area contributed by atoms with Crippen LogP contribution in [0, 0.1) is 5.82 Å². The van der Waals surface area contributed by atoms with Gasteiger partial charge in [0.15, 0.2) is 0 Å². The summed E-state index contributed by atoms with van der Waals surface area (Å²) in [5.41, 5.74) is 1.54. The van der Waals surface area contributed by atoms with Crippen LogP contribution in [0.2, 0.25) is 0 Å². The number of fused-ring (bicyclic) bond motifs is 1. The van der Waals surface area contributed by atoms with Crippen molar-refractivity contribution in [1.29, 1.82) is 0 Å². The Kier molecular flexibility index (Phi) is 7.11. The van der Waals surface area contributed by atoms with Gasteiger partial charge >= 0.3 is 0 Å². The highest BCUT2D eigenvalue weighted by Gasteiger charge is 2.24. The fourth-order valence-electron chi connectivity index (χ4n) is 2.03. The number of benzene rings is 1. The van der Waals surface area contributed by atoms with Crippen LogP contribution < -0.4 is 15.1 Å². The zero-order chi connectivity index (χ0) is 12.4. The monoisotopic (exact) mass is 309 g/mol. The molecule has 1 aliphatic rings. The molecule has 1 aromatic carbocycles. The molecule has 0 unspecified atom stereocenters. The van der Waals surface area contributed by atoms with Crippen molar-refractivity contribution in [2.45, 2.75) is 0 Å². The van der Waals surface area contributed by atoms with Gasteiger partial charge in [-0.2, -0.15) is 0 Å². The molecule has 0 aromatic heterocycles. The number of amides is 1. The fraction of sp³-hybridized carbons (Fsp3) is 0.417. The van der Waals surface area contributed by atoms with E-state index in [1.165, 1.54) is 12.1 Å². The van der Waals surface area contributed by atoms with Crippen LogP contribution in [0.5, 0.6) is 0 Å². The van der Waals surface area contributed by atoms with Gasteiger partial charge < -0.3 is 15.1 Å². The van der Waals surface area contributed by atoms with E-state index in [1.807, 2.05) is 11.9 Å². The topological polar surface area (TPSA) is 35.6 Å². The molecule has 0 fully saturated rings. The molecule has 0 aliphatic carbocycles. The first kappa shape index (κ1) is 18.0. The van der Waals surface area contributed by atoms with E-state index < -0.39 is 0 Å². The van der Waals surface area contributed by atoms with Crippen molar-refractivity contribution in [2.75, 3.05) is 43.5 Å². The Labute approximate surface area is 124 Å². The van der Waals surface area contributed by atoms with E-state index in [4.69, 9.17) is 0 Å². The third-order valence-corrected chi connectivity index (χ3v) is 2.93. The Balaban J connectivity index is 0.00000162. The molecule has 7 heteroatoms. The average Bonchev–Trinajstić information content (AvgIpc) is 2.30. The minimum Gasteiger partial charge on any atom is -0.371 e. The van der Waals surface area contributed by atoms with Crippen molar-refractivity contribution in [3.05, 3.63) is 24.0 Å². The molecule has 1 amide bonds. The van der Waals surface area contributed by atoms with E-state index >= 15 is 0 Å². The quantitative estimate of drug-likeness (QED) is 0.903. The van der Waals surface area contributed by atoms with Crippen molar-refractivity contribution in [3.63, 3.8) is 0 Å². The van der Waals surface area contributed by atoms with Crippen molar-refractivity contribution < 1.29 is 9.18 Å². The Hall–Kier alpha value is -1.04. The van der Waals surface area contributed by atoms with Gasteiger partial charge in [0.05, 0.1) is 17.9 Å². The number of nitrogens with one attached hydrogen (secondary N) is 1. The highest BCUT2D eigenvalue weighted by Crippen LogP contribution is 2.32. The van der Waals surface area contributed by atoms with Gasteiger partial charge in [-0.3, -0.25) is 4.79 Å². The van der Waals surface area contributed by atoms with Crippen molar-refractivity contribution in [1.82, 2.24) is 5.32 Å². The molecule has 108 valence electrons. The second kappa shape index (κ2) is 7.53. The molecular weight excluding hydrogens is 292 g/mol. The van der Waals surface area contributed by atoms with Gasteiger partial charge in [0.25, 0.3) is 0 Å². The second-order valence-electron chi connectivity index (χ2n) is 4.13. The number of anilines is 2. The minimum atomic E-state index is -0.279. The van der Waals surface area contributed by atoms with Crippen LogP contribution in [-0.2, 0) is 4.79 Å². The van der Waals surface area contributed by atoms with E-state index in [0.29, 0.717) is 19.6 Å². The van der Waals surface area contributed by atoms with Gasteiger partial charge in [-0.15, -0.1) is 24.8 Å². The zero-order valence-electron chi connectivity index (χ0n) is 10.9. The lowest BCUT2D eigenvalue weighted by atomic mass is 10.1. The summed E-state index contributed by atoms with van der Waals surface area (Å²) in [6.45, 7) is 1.64. The molecule has 0 atom stereocenters. The first-order valence-corrected chi connectivity index (χ1v) is 5.59. The van der Waals surface area contributed by atoms with Crippen molar-refractivity contribution in [3.8, 4) is 0 Å². The van der Waals surface area contributed by atoms with E-state index in [9.17, 15) is 9.18 Å². The van der Waals surface area contributed by atoms with Gasteiger partial charge in [0, 0.05) is 20.1 Å². The van der Waals surface area contributed by atoms with Crippen LogP contribution in [0.15, 0.2) is 18.2 Å². The molecule has 1 heterocycles. The van der Waals surface area contributed by atoms with E-state index in [0.717, 1.165) is 11.4 Å². The molecular formula is C12H18Cl2FN3O. The van der Waals surface area contributed by atoms with Gasteiger partial charge in [-0.05, 0) is 25.2 Å². The summed E-state index contributed by atoms with van der Waals surface area (Å²) in [7, 11) is 3.64. The number of carbonyl (C=O) groups excluding carboxylic acids is 1. The number of hydrogen-bond acceptors (Lipinski definition) is 3. The Morgan fingerprint density at radius 3 is 2.63 bits per heavy atom. The number of carbonyl (C=O) groups is 1. The molecule has 19 heavy (non-hydrogen) atoms. The molecule has 0 saturated heterocycles. The molecule has 2 rings (SSSR count). The summed E-state index contributed by atoms with van der Waals surface area (Å²) >= 11 is 0. The number of hydrogen-bond donors (Lipinski definition) is 1. The van der Waals surface area contributed by atoms with Gasteiger partial charge in [0.2, 0.25) is 5.91 Å². The van der Waals surface area contributed by atoms with E-state index in [-0.39, 0.29) is 36.5 Å². The van der Waals surface area contributed by atoms with Crippen molar-refractivity contribution in [2.24, 2.45) is 0 Å². The van der Waals surface area contributed by atoms with Crippen LogP contribution in [0.3, 0.4) is 0 Å². The summed E-state index contributed by atoms with van der Waals surface area (Å²) in [6.07, 6.45) is 0. The first-order valence-electron chi connectivity index (χ1n) is 5.59. The van der Waals surface area contributed by atoms with E-state index in [2.05, 4.69) is 5.32 Å². The van der Waals surface area contributed by atoms with Crippen LogP contribution >= 0.6 is 24.8 Å². The van der Waals surface area contributed by atoms with Crippen LogP contribution in [-0.4, -0.2) is 39.6 Å². The lowest BCUT2D eigenvalue weighted by molar-refractivity contribution is -0.117. The highest BCUT2D eigenvalue weighted by molar-refractivity contribution is 5.98. The summed E-state index contributed by atoms with van der Waals surface area (Å²) in [5.74, 6) is -0.271. The number of halogens is 3. The highest BCUT2D eigenvalue weighted by atomic mass is 35.5. The number of nitrogens with zero attached hydrogens (tertiary/aromatic N) is 2. The third-order valence-electron chi connectivity index (χ3n) is 2.93. The molecule has 0 bridgehead atoms. The lowest BCUT2D eigenvalue weighted by Crippen LogP contribution is -2.45. The van der Waals surface area contributed by atoms with Crippen molar-refractivity contribution >= 4 is 42.1 Å². The molecule has 0 spiro atoms. The van der Waals surface area contributed by atoms with E-state index in [1.54, 1.807) is 18.0 Å².